The highest BCUT2D eigenvalue weighted by Gasteiger charge is 2.32. The molecular weight excluding hydrogens is 296 g/mol. The Morgan fingerprint density at radius 2 is 1.65 bits per heavy atom. The van der Waals surface area contributed by atoms with Crippen molar-refractivity contribution in [1.29, 1.82) is 0 Å². The van der Waals surface area contributed by atoms with Crippen molar-refractivity contribution in [2.75, 3.05) is 5.32 Å². The number of rotatable bonds is 4. The van der Waals surface area contributed by atoms with Crippen LogP contribution in [0.5, 0.6) is 0 Å². The lowest BCUT2D eigenvalue weighted by Crippen LogP contribution is -2.13. The maximum absolute atomic E-state index is 13.9. The predicted molar refractivity (Wildman–Crippen MR) is 81.9 cm³/mol. The number of nitrogens with one attached hydrogen (secondary N) is 1. The zero-order valence-corrected chi connectivity index (χ0v) is 12.3. The molecule has 104 valence electrons. The normalized spacial score (nSPS) is 15.9. The molecule has 0 saturated heterocycles. The maximum atomic E-state index is 13.9. The van der Waals surface area contributed by atoms with E-state index >= 15 is 0 Å². The molecule has 0 heterocycles. The molecular formula is C16H14Cl2FN. The largest absolute Gasteiger partial charge is 0.376 e. The van der Waals surface area contributed by atoms with Crippen LogP contribution in [-0.4, -0.2) is 0 Å². The van der Waals surface area contributed by atoms with E-state index in [-0.39, 0.29) is 11.9 Å². The summed E-state index contributed by atoms with van der Waals surface area (Å²) in [4.78, 5) is 0. The third kappa shape index (κ3) is 3.08. The molecule has 0 radical (unpaired) electrons. The van der Waals surface area contributed by atoms with E-state index in [0.29, 0.717) is 21.7 Å². The summed E-state index contributed by atoms with van der Waals surface area (Å²) in [6, 6.07) is 12.5. The van der Waals surface area contributed by atoms with Crippen molar-refractivity contribution in [3.8, 4) is 0 Å². The lowest BCUT2D eigenvalue weighted by molar-refractivity contribution is 0.616. The molecule has 2 aromatic rings. The Bertz CT molecular complexity index is 608. The molecule has 0 amide bonds. The Hall–Kier alpha value is -1.25. The van der Waals surface area contributed by atoms with E-state index < -0.39 is 0 Å². The van der Waals surface area contributed by atoms with Gasteiger partial charge < -0.3 is 5.32 Å². The van der Waals surface area contributed by atoms with Crippen LogP contribution in [0.4, 0.5) is 10.1 Å². The second-order valence-electron chi connectivity index (χ2n) is 5.14. The summed E-state index contributed by atoms with van der Waals surface area (Å²) in [5.41, 5.74) is 1.62. The first-order valence-corrected chi connectivity index (χ1v) is 7.36. The summed E-state index contributed by atoms with van der Waals surface area (Å²) in [6.45, 7) is 0. The topological polar surface area (TPSA) is 12.0 Å². The molecule has 20 heavy (non-hydrogen) atoms. The average molecular weight is 310 g/mol. The molecule has 3 rings (SSSR count). The summed E-state index contributed by atoms with van der Waals surface area (Å²) in [5, 5.41) is 4.41. The number of anilines is 1. The molecule has 1 aliphatic carbocycles. The van der Waals surface area contributed by atoms with E-state index in [2.05, 4.69) is 5.32 Å². The lowest BCUT2D eigenvalue weighted by atomic mass is 10.0. The molecule has 1 atom stereocenters. The Morgan fingerprint density at radius 3 is 2.25 bits per heavy atom. The van der Waals surface area contributed by atoms with Crippen molar-refractivity contribution >= 4 is 28.9 Å². The summed E-state index contributed by atoms with van der Waals surface area (Å²) < 4.78 is 13.9. The Kier molecular flexibility index (Phi) is 3.86. The molecule has 1 fully saturated rings. The molecule has 0 spiro atoms. The first-order valence-electron chi connectivity index (χ1n) is 6.60. The van der Waals surface area contributed by atoms with Crippen molar-refractivity contribution < 1.29 is 4.39 Å². The van der Waals surface area contributed by atoms with Gasteiger partial charge in [-0.1, -0.05) is 35.3 Å². The molecule has 4 heteroatoms. The van der Waals surface area contributed by atoms with E-state index in [1.165, 1.54) is 6.07 Å². The summed E-state index contributed by atoms with van der Waals surface area (Å²) >= 11 is 11.7. The second-order valence-corrected chi connectivity index (χ2v) is 6.01. The van der Waals surface area contributed by atoms with Crippen molar-refractivity contribution in [3.05, 3.63) is 63.9 Å². The van der Waals surface area contributed by atoms with Gasteiger partial charge in [0.1, 0.15) is 5.82 Å². The molecule has 2 aromatic carbocycles. The zero-order chi connectivity index (χ0) is 14.1. The van der Waals surface area contributed by atoms with Gasteiger partial charge in [0.2, 0.25) is 0 Å². The minimum atomic E-state index is -0.322. The van der Waals surface area contributed by atoms with Crippen LogP contribution in [0, 0.1) is 11.7 Å². The number of hydrogen-bond acceptors (Lipinski definition) is 1. The van der Waals surface area contributed by atoms with Gasteiger partial charge in [-0.2, -0.15) is 0 Å². The number of hydrogen-bond donors (Lipinski definition) is 1. The predicted octanol–water partition coefficient (Wildman–Crippen LogP) is 5.70. The van der Waals surface area contributed by atoms with Crippen molar-refractivity contribution in [2.24, 2.45) is 5.92 Å². The van der Waals surface area contributed by atoms with Crippen molar-refractivity contribution in [1.82, 2.24) is 0 Å². The highest BCUT2D eigenvalue weighted by atomic mass is 35.5. The third-order valence-corrected chi connectivity index (χ3v) is 4.05. The highest BCUT2D eigenvalue weighted by molar-refractivity contribution is 6.30. The van der Waals surface area contributed by atoms with Crippen LogP contribution in [0.1, 0.15) is 24.4 Å². The van der Waals surface area contributed by atoms with Gasteiger partial charge in [-0.25, -0.2) is 4.39 Å². The van der Waals surface area contributed by atoms with Gasteiger partial charge in [-0.15, -0.1) is 0 Å². The third-order valence-electron chi connectivity index (χ3n) is 3.56. The van der Waals surface area contributed by atoms with Gasteiger partial charge in [0, 0.05) is 10.0 Å². The average Bonchev–Trinajstić information content (AvgIpc) is 3.24. The minimum absolute atomic E-state index is 0.114. The van der Waals surface area contributed by atoms with Crippen LogP contribution in [0.15, 0.2) is 42.5 Å². The van der Waals surface area contributed by atoms with Crippen LogP contribution >= 0.6 is 23.2 Å². The van der Waals surface area contributed by atoms with E-state index in [0.717, 1.165) is 18.4 Å². The van der Waals surface area contributed by atoms with Crippen molar-refractivity contribution in [3.63, 3.8) is 0 Å². The van der Waals surface area contributed by atoms with Gasteiger partial charge in [-0.05, 0) is 54.7 Å². The van der Waals surface area contributed by atoms with Gasteiger partial charge in [0.25, 0.3) is 0 Å². The van der Waals surface area contributed by atoms with Gasteiger partial charge in [0.05, 0.1) is 11.7 Å². The fraction of sp³-hybridized carbons (Fsp3) is 0.250. The van der Waals surface area contributed by atoms with Crippen LogP contribution < -0.4 is 5.32 Å². The monoisotopic (exact) mass is 309 g/mol. The Labute approximate surface area is 127 Å². The summed E-state index contributed by atoms with van der Waals surface area (Å²) in [5.74, 6) is 0.225. The lowest BCUT2D eigenvalue weighted by Gasteiger charge is -2.20. The van der Waals surface area contributed by atoms with Gasteiger partial charge in [0.15, 0.2) is 0 Å². The summed E-state index contributed by atoms with van der Waals surface area (Å²) in [6.07, 6.45) is 2.32. The SMILES string of the molecule is Fc1cc(Cl)ccc1NC(c1ccc(Cl)cc1)C1CC1. The molecule has 1 unspecified atom stereocenters. The molecule has 1 aliphatic rings. The molecule has 1 saturated carbocycles. The first kappa shape index (κ1) is 13.7. The van der Waals surface area contributed by atoms with Crippen LogP contribution in [0.2, 0.25) is 10.0 Å². The minimum Gasteiger partial charge on any atom is -0.376 e. The van der Waals surface area contributed by atoms with Crippen LogP contribution in [-0.2, 0) is 0 Å². The Balaban J connectivity index is 1.86. The van der Waals surface area contributed by atoms with E-state index in [9.17, 15) is 4.39 Å². The second kappa shape index (κ2) is 5.63. The van der Waals surface area contributed by atoms with E-state index in [4.69, 9.17) is 23.2 Å². The molecule has 0 aliphatic heterocycles. The summed E-state index contributed by atoms with van der Waals surface area (Å²) in [7, 11) is 0. The molecule has 0 aromatic heterocycles. The maximum Gasteiger partial charge on any atom is 0.147 e. The number of benzene rings is 2. The van der Waals surface area contributed by atoms with E-state index in [1.54, 1.807) is 12.1 Å². The quantitative estimate of drug-likeness (QED) is 0.764. The fourth-order valence-corrected chi connectivity index (χ4v) is 2.63. The van der Waals surface area contributed by atoms with Gasteiger partial charge >= 0.3 is 0 Å². The van der Waals surface area contributed by atoms with Crippen LogP contribution in [0.25, 0.3) is 0 Å². The van der Waals surface area contributed by atoms with Crippen molar-refractivity contribution in [2.45, 2.75) is 18.9 Å². The molecule has 1 N–H and O–H groups in total. The highest BCUT2D eigenvalue weighted by Crippen LogP contribution is 2.43. The zero-order valence-electron chi connectivity index (χ0n) is 10.7. The van der Waals surface area contributed by atoms with Gasteiger partial charge in [-0.3, -0.25) is 0 Å². The first-order chi connectivity index (χ1) is 9.63. The fourth-order valence-electron chi connectivity index (χ4n) is 2.35. The smallest absolute Gasteiger partial charge is 0.147 e. The van der Waals surface area contributed by atoms with E-state index in [1.807, 2.05) is 24.3 Å². The molecule has 0 bridgehead atoms. The number of halogens is 3. The Morgan fingerprint density at radius 1 is 1.00 bits per heavy atom. The standard InChI is InChI=1S/C16H14Cl2FN/c17-12-5-3-11(4-6-12)16(10-1-2-10)20-15-8-7-13(18)9-14(15)19/h3-10,16,20H,1-2H2. The molecule has 1 nitrogen and oxygen atoms in total. The van der Waals surface area contributed by atoms with Crippen LogP contribution in [0.3, 0.4) is 0 Å².